The molecule has 0 bridgehead atoms. The lowest BCUT2D eigenvalue weighted by atomic mass is 9.95. The third-order valence-electron chi connectivity index (χ3n) is 3.13. The van der Waals surface area contributed by atoms with Crippen molar-refractivity contribution in [2.24, 2.45) is 0 Å². The predicted molar refractivity (Wildman–Crippen MR) is 76.0 cm³/mol. The van der Waals surface area contributed by atoms with Gasteiger partial charge >= 0.3 is 0 Å². The molecule has 0 fully saturated rings. The first kappa shape index (κ1) is 13.1. The number of nitrogens with zero attached hydrogens (tertiary/aromatic N) is 1. The summed E-state index contributed by atoms with van der Waals surface area (Å²) < 4.78 is 0. The first-order valence-corrected chi connectivity index (χ1v) is 6.49. The molecule has 94 valence electrons. The van der Waals surface area contributed by atoms with E-state index in [1.807, 2.05) is 31.6 Å². The largest absolute Gasteiger partial charge is 0.309 e. The van der Waals surface area contributed by atoms with E-state index < -0.39 is 0 Å². The first-order valence-electron chi connectivity index (χ1n) is 6.11. The number of nitrogens with one attached hydrogen (secondary N) is 1. The van der Waals surface area contributed by atoms with Gasteiger partial charge < -0.3 is 5.32 Å². The fourth-order valence-corrected chi connectivity index (χ4v) is 2.30. The summed E-state index contributed by atoms with van der Waals surface area (Å²) in [4.78, 5) is 4.19. The summed E-state index contributed by atoms with van der Waals surface area (Å²) in [6, 6.07) is 10.2. The molecular weight excluding hydrogens is 244 g/mol. The molecule has 2 aromatic rings. The van der Waals surface area contributed by atoms with Gasteiger partial charge in [0.15, 0.2) is 0 Å². The third kappa shape index (κ3) is 2.71. The van der Waals surface area contributed by atoms with Gasteiger partial charge in [-0.25, -0.2) is 0 Å². The van der Waals surface area contributed by atoms with Crippen LogP contribution >= 0.6 is 11.6 Å². The van der Waals surface area contributed by atoms with Crippen LogP contribution in [0.15, 0.2) is 42.7 Å². The minimum atomic E-state index is 0.181. The fourth-order valence-electron chi connectivity index (χ4n) is 2.17. The number of pyridine rings is 1. The maximum atomic E-state index is 5.93. The van der Waals surface area contributed by atoms with E-state index in [2.05, 4.69) is 35.4 Å². The Kier molecular flexibility index (Phi) is 4.34. The predicted octanol–water partition coefficient (Wildman–Crippen LogP) is 3.61. The summed E-state index contributed by atoms with van der Waals surface area (Å²) in [5.74, 6) is 0. The van der Waals surface area contributed by atoms with Crippen LogP contribution in [0, 0.1) is 0 Å². The molecule has 1 aromatic heterocycles. The zero-order valence-electron chi connectivity index (χ0n) is 10.7. The molecule has 1 heterocycles. The van der Waals surface area contributed by atoms with Crippen molar-refractivity contribution in [2.75, 3.05) is 7.05 Å². The van der Waals surface area contributed by atoms with Gasteiger partial charge in [-0.1, -0.05) is 30.7 Å². The Hall–Kier alpha value is -1.38. The van der Waals surface area contributed by atoms with Crippen LogP contribution in [-0.2, 0) is 6.42 Å². The highest BCUT2D eigenvalue weighted by Crippen LogP contribution is 2.25. The first-order chi connectivity index (χ1) is 8.76. The van der Waals surface area contributed by atoms with E-state index in [1.54, 1.807) is 0 Å². The number of benzene rings is 1. The van der Waals surface area contributed by atoms with E-state index in [9.17, 15) is 0 Å². The van der Waals surface area contributed by atoms with Crippen molar-refractivity contribution in [3.63, 3.8) is 0 Å². The van der Waals surface area contributed by atoms with Gasteiger partial charge in [-0.2, -0.15) is 0 Å². The molecule has 0 spiro atoms. The van der Waals surface area contributed by atoms with Crippen molar-refractivity contribution in [1.82, 2.24) is 10.3 Å². The van der Waals surface area contributed by atoms with Gasteiger partial charge in [-0.05, 0) is 48.4 Å². The van der Waals surface area contributed by atoms with E-state index >= 15 is 0 Å². The van der Waals surface area contributed by atoms with Gasteiger partial charge in [0.1, 0.15) is 0 Å². The summed E-state index contributed by atoms with van der Waals surface area (Å²) in [5.41, 5.74) is 3.76. The van der Waals surface area contributed by atoms with E-state index in [0.29, 0.717) is 0 Å². The lowest BCUT2D eigenvalue weighted by molar-refractivity contribution is 0.682. The maximum absolute atomic E-state index is 5.93. The normalized spacial score (nSPS) is 12.4. The summed E-state index contributed by atoms with van der Waals surface area (Å²) >= 11 is 5.93. The SMILES string of the molecule is CCc1cnccc1C(NC)c1ccc(Cl)cc1. The third-order valence-corrected chi connectivity index (χ3v) is 3.38. The van der Waals surface area contributed by atoms with Crippen molar-refractivity contribution in [3.8, 4) is 0 Å². The smallest absolute Gasteiger partial charge is 0.0578 e. The fraction of sp³-hybridized carbons (Fsp3) is 0.267. The van der Waals surface area contributed by atoms with E-state index in [-0.39, 0.29) is 6.04 Å². The van der Waals surface area contributed by atoms with Gasteiger partial charge in [-0.15, -0.1) is 0 Å². The second kappa shape index (κ2) is 5.98. The van der Waals surface area contributed by atoms with Gasteiger partial charge in [0.2, 0.25) is 0 Å². The zero-order valence-corrected chi connectivity index (χ0v) is 11.4. The Morgan fingerprint density at radius 3 is 2.56 bits per heavy atom. The Balaban J connectivity index is 2.41. The monoisotopic (exact) mass is 260 g/mol. The molecule has 0 aliphatic rings. The number of aromatic nitrogens is 1. The summed E-state index contributed by atoms with van der Waals surface area (Å²) in [7, 11) is 1.97. The number of hydrogen-bond acceptors (Lipinski definition) is 2. The molecule has 2 rings (SSSR count). The molecule has 0 radical (unpaired) electrons. The van der Waals surface area contributed by atoms with Crippen LogP contribution in [0.2, 0.25) is 5.02 Å². The second-order valence-electron chi connectivity index (χ2n) is 4.20. The molecule has 3 heteroatoms. The molecular formula is C15H17ClN2. The molecule has 1 N–H and O–H groups in total. The van der Waals surface area contributed by atoms with Gasteiger partial charge in [0, 0.05) is 17.4 Å². The highest BCUT2D eigenvalue weighted by molar-refractivity contribution is 6.30. The maximum Gasteiger partial charge on any atom is 0.0578 e. The van der Waals surface area contributed by atoms with Crippen molar-refractivity contribution < 1.29 is 0 Å². The molecule has 0 saturated heterocycles. The summed E-state index contributed by atoms with van der Waals surface area (Å²) in [5, 5.41) is 4.12. The topological polar surface area (TPSA) is 24.9 Å². The molecule has 0 saturated carbocycles. The molecule has 1 atom stereocenters. The van der Waals surface area contributed by atoms with E-state index in [1.165, 1.54) is 16.7 Å². The highest BCUT2D eigenvalue weighted by Gasteiger charge is 2.14. The van der Waals surface area contributed by atoms with Crippen LogP contribution < -0.4 is 5.32 Å². The van der Waals surface area contributed by atoms with Gasteiger partial charge in [0.25, 0.3) is 0 Å². The average Bonchev–Trinajstić information content (AvgIpc) is 2.42. The van der Waals surface area contributed by atoms with Crippen LogP contribution in [0.5, 0.6) is 0 Å². The van der Waals surface area contributed by atoms with Crippen molar-refractivity contribution in [1.29, 1.82) is 0 Å². The van der Waals surface area contributed by atoms with E-state index in [0.717, 1.165) is 11.4 Å². The lowest BCUT2D eigenvalue weighted by Crippen LogP contribution is -2.19. The van der Waals surface area contributed by atoms with Crippen molar-refractivity contribution in [2.45, 2.75) is 19.4 Å². The molecule has 18 heavy (non-hydrogen) atoms. The number of hydrogen-bond donors (Lipinski definition) is 1. The van der Waals surface area contributed by atoms with Crippen LogP contribution in [0.1, 0.15) is 29.7 Å². The number of halogens is 1. The van der Waals surface area contributed by atoms with Crippen LogP contribution in [0.4, 0.5) is 0 Å². The summed E-state index contributed by atoms with van der Waals surface area (Å²) in [6.07, 6.45) is 4.76. The minimum absolute atomic E-state index is 0.181. The molecule has 1 unspecified atom stereocenters. The molecule has 0 aliphatic carbocycles. The quantitative estimate of drug-likeness (QED) is 0.909. The van der Waals surface area contributed by atoms with E-state index in [4.69, 9.17) is 11.6 Å². The zero-order chi connectivity index (χ0) is 13.0. The summed E-state index contributed by atoms with van der Waals surface area (Å²) in [6.45, 7) is 2.15. The minimum Gasteiger partial charge on any atom is -0.309 e. The Labute approximate surface area is 113 Å². The van der Waals surface area contributed by atoms with Gasteiger partial charge in [0.05, 0.1) is 6.04 Å². The van der Waals surface area contributed by atoms with Crippen LogP contribution in [0.25, 0.3) is 0 Å². The van der Waals surface area contributed by atoms with Gasteiger partial charge in [-0.3, -0.25) is 4.98 Å². The standard InChI is InChI=1S/C15H17ClN2/c1-3-11-10-18-9-8-14(11)15(17-2)12-4-6-13(16)7-5-12/h4-10,15,17H,3H2,1-2H3. The second-order valence-corrected chi connectivity index (χ2v) is 4.64. The molecule has 0 aliphatic heterocycles. The number of aryl methyl sites for hydroxylation is 1. The average molecular weight is 261 g/mol. The van der Waals surface area contributed by atoms with Crippen molar-refractivity contribution in [3.05, 3.63) is 64.4 Å². The lowest BCUT2D eigenvalue weighted by Gasteiger charge is -2.20. The highest BCUT2D eigenvalue weighted by atomic mass is 35.5. The Bertz CT molecular complexity index is 508. The van der Waals surface area contributed by atoms with Crippen molar-refractivity contribution >= 4 is 11.6 Å². The Morgan fingerprint density at radius 1 is 1.22 bits per heavy atom. The number of rotatable bonds is 4. The molecule has 2 nitrogen and oxygen atoms in total. The van der Waals surface area contributed by atoms with Crippen LogP contribution in [0.3, 0.4) is 0 Å². The molecule has 1 aromatic carbocycles. The molecule has 0 amide bonds. The van der Waals surface area contributed by atoms with Crippen LogP contribution in [-0.4, -0.2) is 12.0 Å². The Morgan fingerprint density at radius 2 is 1.94 bits per heavy atom.